The summed E-state index contributed by atoms with van der Waals surface area (Å²) in [6.45, 7) is 3.12. The van der Waals surface area contributed by atoms with Crippen molar-refractivity contribution < 1.29 is 9.18 Å². The van der Waals surface area contributed by atoms with Gasteiger partial charge >= 0.3 is 0 Å². The second-order valence-electron chi connectivity index (χ2n) is 4.12. The normalized spacial score (nSPS) is 10.4. The predicted molar refractivity (Wildman–Crippen MR) is 66.6 cm³/mol. The molecule has 0 bridgehead atoms. The van der Waals surface area contributed by atoms with Gasteiger partial charge in [-0.15, -0.1) is 0 Å². The number of benzene rings is 1. The van der Waals surface area contributed by atoms with Crippen LogP contribution in [0.5, 0.6) is 0 Å². The van der Waals surface area contributed by atoms with E-state index in [9.17, 15) is 9.18 Å². The van der Waals surface area contributed by atoms with Crippen molar-refractivity contribution in [3.8, 4) is 0 Å². The third kappa shape index (κ3) is 3.53. The molecule has 1 rings (SSSR count). The van der Waals surface area contributed by atoms with Crippen LogP contribution in [0.1, 0.15) is 22.3 Å². The molecule has 4 heteroatoms. The van der Waals surface area contributed by atoms with E-state index in [1.54, 1.807) is 31.0 Å². The minimum Gasteiger partial charge on any atom is -0.342 e. The van der Waals surface area contributed by atoms with Crippen molar-refractivity contribution in [1.82, 2.24) is 10.2 Å². The van der Waals surface area contributed by atoms with Crippen LogP contribution in [0.25, 0.3) is 0 Å². The molecule has 1 amide bonds. The van der Waals surface area contributed by atoms with Crippen molar-refractivity contribution in [2.75, 3.05) is 27.2 Å². The van der Waals surface area contributed by atoms with Crippen molar-refractivity contribution in [3.63, 3.8) is 0 Å². The summed E-state index contributed by atoms with van der Waals surface area (Å²) in [6.07, 6.45) is 0.853. The zero-order chi connectivity index (χ0) is 12.8. The van der Waals surface area contributed by atoms with E-state index in [1.807, 2.05) is 7.05 Å². The Hall–Kier alpha value is -1.42. The molecule has 0 radical (unpaired) electrons. The lowest BCUT2D eigenvalue weighted by Gasteiger charge is -2.17. The van der Waals surface area contributed by atoms with E-state index in [2.05, 4.69) is 5.32 Å². The second kappa shape index (κ2) is 6.35. The Morgan fingerprint density at radius 1 is 1.47 bits per heavy atom. The van der Waals surface area contributed by atoms with Crippen LogP contribution in [0.4, 0.5) is 4.39 Å². The first-order valence-electron chi connectivity index (χ1n) is 5.73. The summed E-state index contributed by atoms with van der Waals surface area (Å²) in [5.41, 5.74) is 0.649. The van der Waals surface area contributed by atoms with E-state index < -0.39 is 5.82 Å². The Morgan fingerprint density at radius 2 is 2.18 bits per heavy atom. The van der Waals surface area contributed by atoms with Gasteiger partial charge < -0.3 is 10.2 Å². The first-order valence-corrected chi connectivity index (χ1v) is 5.73. The van der Waals surface area contributed by atoms with E-state index >= 15 is 0 Å². The molecule has 0 saturated heterocycles. The molecule has 1 N–H and O–H groups in total. The maximum atomic E-state index is 13.7. The van der Waals surface area contributed by atoms with Gasteiger partial charge in [0, 0.05) is 13.6 Å². The molecule has 94 valence electrons. The highest BCUT2D eigenvalue weighted by Gasteiger charge is 2.16. The Bertz CT molecular complexity index is 393. The summed E-state index contributed by atoms with van der Waals surface area (Å²) in [4.78, 5) is 13.5. The van der Waals surface area contributed by atoms with Gasteiger partial charge in [-0.1, -0.05) is 12.1 Å². The van der Waals surface area contributed by atoms with Crippen LogP contribution in [0, 0.1) is 12.7 Å². The van der Waals surface area contributed by atoms with Crippen molar-refractivity contribution in [1.29, 1.82) is 0 Å². The second-order valence-corrected chi connectivity index (χ2v) is 4.12. The number of rotatable bonds is 5. The molecule has 0 aliphatic heterocycles. The SMILES string of the molecule is CNCCCN(C)C(=O)c1cccc(C)c1F. The molecule has 0 heterocycles. The van der Waals surface area contributed by atoms with Gasteiger partial charge in [0.15, 0.2) is 0 Å². The van der Waals surface area contributed by atoms with E-state index in [1.165, 1.54) is 6.07 Å². The van der Waals surface area contributed by atoms with Gasteiger partial charge in [-0.3, -0.25) is 4.79 Å². The molecule has 0 spiro atoms. The maximum absolute atomic E-state index is 13.7. The number of amides is 1. The van der Waals surface area contributed by atoms with Gasteiger partial charge in [-0.2, -0.15) is 0 Å². The first kappa shape index (κ1) is 13.6. The lowest BCUT2D eigenvalue weighted by Crippen LogP contribution is -2.30. The molecule has 0 saturated carbocycles. The third-order valence-electron chi connectivity index (χ3n) is 2.69. The van der Waals surface area contributed by atoms with Gasteiger partial charge in [0.05, 0.1) is 5.56 Å². The van der Waals surface area contributed by atoms with Crippen molar-refractivity contribution in [2.45, 2.75) is 13.3 Å². The molecule has 3 nitrogen and oxygen atoms in total. The van der Waals surface area contributed by atoms with Crippen LogP contribution >= 0.6 is 0 Å². The first-order chi connectivity index (χ1) is 8.07. The van der Waals surface area contributed by atoms with E-state index in [0.29, 0.717) is 12.1 Å². The molecule has 0 fully saturated rings. The number of carbonyl (C=O) groups excluding carboxylic acids is 1. The highest BCUT2D eigenvalue weighted by Crippen LogP contribution is 2.13. The average molecular weight is 238 g/mol. The summed E-state index contributed by atoms with van der Waals surface area (Å²) in [5.74, 6) is -0.680. The molecule has 0 atom stereocenters. The lowest BCUT2D eigenvalue weighted by molar-refractivity contribution is 0.0789. The van der Waals surface area contributed by atoms with Crippen LogP contribution in [0.3, 0.4) is 0 Å². The largest absolute Gasteiger partial charge is 0.342 e. The Balaban J connectivity index is 2.71. The van der Waals surface area contributed by atoms with Gasteiger partial charge in [0.25, 0.3) is 5.91 Å². The molecular weight excluding hydrogens is 219 g/mol. The molecule has 1 aromatic carbocycles. The van der Waals surface area contributed by atoms with Crippen LogP contribution in [0.2, 0.25) is 0 Å². The summed E-state index contributed by atoms with van der Waals surface area (Å²) in [7, 11) is 3.56. The monoisotopic (exact) mass is 238 g/mol. The highest BCUT2D eigenvalue weighted by atomic mass is 19.1. The van der Waals surface area contributed by atoms with Crippen LogP contribution in [-0.2, 0) is 0 Å². The fourth-order valence-corrected chi connectivity index (χ4v) is 1.61. The quantitative estimate of drug-likeness (QED) is 0.794. The smallest absolute Gasteiger partial charge is 0.256 e. The third-order valence-corrected chi connectivity index (χ3v) is 2.69. The molecule has 17 heavy (non-hydrogen) atoms. The number of halogens is 1. The fourth-order valence-electron chi connectivity index (χ4n) is 1.61. The summed E-state index contributed by atoms with van der Waals surface area (Å²) >= 11 is 0. The standard InChI is InChI=1S/C13H19FN2O/c1-10-6-4-7-11(12(10)14)13(17)16(3)9-5-8-15-2/h4,6-7,15H,5,8-9H2,1-3H3. The van der Waals surface area contributed by atoms with E-state index in [-0.39, 0.29) is 11.5 Å². The summed E-state index contributed by atoms with van der Waals surface area (Å²) in [6, 6.07) is 4.89. The molecule has 0 aliphatic rings. The average Bonchev–Trinajstić information content (AvgIpc) is 2.32. The lowest BCUT2D eigenvalue weighted by atomic mass is 10.1. The number of hydrogen-bond donors (Lipinski definition) is 1. The topological polar surface area (TPSA) is 32.3 Å². The minimum atomic E-state index is -0.419. The number of carbonyl (C=O) groups is 1. The van der Waals surface area contributed by atoms with Crippen LogP contribution in [0.15, 0.2) is 18.2 Å². The van der Waals surface area contributed by atoms with Gasteiger partial charge in [-0.05, 0) is 38.6 Å². The van der Waals surface area contributed by atoms with Crippen molar-refractivity contribution >= 4 is 5.91 Å². The maximum Gasteiger partial charge on any atom is 0.256 e. The summed E-state index contributed by atoms with van der Waals surface area (Å²) < 4.78 is 13.7. The molecule has 0 aliphatic carbocycles. The van der Waals surface area contributed by atoms with Crippen molar-refractivity contribution in [2.24, 2.45) is 0 Å². The highest BCUT2D eigenvalue weighted by molar-refractivity contribution is 5.94. The zero-order valence-corrected chi connectivity index (χ0v) is 10.6. The van der Waals surface area contributed by atoms with Gasteiger partial charge in [-0.25, -0.2) is 4.39 Å². The predicted octanol–water partition coefficient (Wildman–Crippen LogP) is 1.82. The zero-order valence-electron chi connectivity index (χ0n) is 10.6. The Morgan fingerprint density at radius 3 is 2.82 bits per heavy atom. The molecular formula is C13H19FN2O. The van der Waals surface area contributed by atoms with Crippen LogP contribution < -0.4 is 5.32 Å². The van der Waals surface area contributed by atoms with Crippen molar-refractivity contribution in [3.05, 3.63) is 35.1 Å². The Kier molecular flexibility index (Phi) is 5.10. The van der Waals surface area contributed by atoms with Gasteiger partial charge in [0.2, 0.25) is 0 Å². The number of aryl methyl sites for hydroxylation is 1. The number of nitrogens with zero attached hydrogens (tertiary/aromatic N) is 1. The van der Waals surface area contributed by atoms with Crippen LogP contribution in [-0.4, -0.2) is 38.0 Å². The molecule has 1 aromatic rings. The number of nitrogens with one attached hydrogen (secondary N) is 1. The van der Waals surface area contributed by atoms with E-state index in [4.69, 9.17) is 0 Å². The fraction of sp³-hybridized carbons (Fsp3) is 0.462. The molecule has 0 aromatic heterocycles. The van der Waals surface area contributed by atoms with E-state index in [0.717, 1.165) is 13.0 Å². The Labute approximate surface area is 102 Å². The summed E-state index contributed by atoms with van der Waals surface area (Å²) in [5, 5.41) is 3.01. The van der Waals surface area contributed by atoms with Gasteiger partial charge in [0.1, 0.15) is 5.82 Å². The minimum absolute atomic E-state index is 0.150. The number of hydrogen-bond acceptors (Lipinski definition) is 2. The molecule has 0 unspecified atom stereocenters.